The molecular weight excluding hydrogens is 244 g/mol. The van der Waals surface area contributed by atoms with E-state index in [-0.39, 0.29) is 6.61 Å². The zero-order valence-electron chi connectivity index (χ0n) is 9.19. The summed E-state index contributed by atoms with van der Waals surface area (Å²) in [6.45, 7) is -0.940. The zero-order chi connectivity index (χ0) is 10.4. The topological polar surface area (TPSA) is 37.3 Å². The summed E-state index contributed by atoms with van der Waals surface area (Å²) < 4.78 is 0.555. The Balaban J connectivity index is 0.000000180. The molecule has 10 aliphatic heterocycles. The first-order chi connectivity index (χ1) is 7.52. The van der Waals surface area contributed by atoms with E-state index in [4.69, 9.17) is 5.11 Å². The molecular formula is C13H16FeO2. The molecule has 88 valence electrons. The standard InChI is InChI=1S/C6H5O.C5H5.C2H6O.Fe/c7-5-6-3-1-2-4-6;1-2-4-5-3-1;1-2-3;/h1-5H;1-5H;3H,2H2,1H3;. The van der Waals surface area contributed by atoms with Gasteiger partial charge in [0, 0.05) is 6.61 Å². The van der Waals surface area contributed by atoms with Crippen LogP contribution < -0.4 is 0 Å². The van der Waals surface area contributed by atoms with E-state index in [1.165, 1.54) is 43.3 Å². The van der Waals surface area contributed by atoms with E-state index in [1.807, 2.05) is 0 Å². The Hall–Kier alpha value is 0.149. The van der Waals surface area contributed by atoms with Gasteiger partial charge in [0.15, 0.2) is 0 Å². The Kier molecular flexibility index (Phi) is 0.188. The average Bonchev–Trinajstić information content (AvgIpc) is 3.24. The molecule has 1 spiro atoms. The van der Waals surface area contributed by atoms with Crippen molar-refractivity contribution in [1.29, 1.82) is 0 Å². The molecule has 0 aliphatic carbocycles. The number of carbonyl (C=O) groups excluding carboxylic acids is 1. The summed E-state index contributed by atoms with van der Waals surface area (Å²) in [6.07, 6.45) is 1.57. The number of rotatable bonds is 1. The molecule has 10 rings (SSSR count). The van der Waals surface area contributed by atoms with E-state index in [9.17, 15) is 4.79 Å². The van der Waals surface area contributed by atoms with Gasteiger partial charge in [-0.2, -0.15) is 0 Å². The molecule has 4 atom stereocenters. The molecule has 0 bridgehead atoms. The number of hydrogen-bond donors (Lipinski definition) is 1. The quantitative estimate of drug-likeness (QED) is 0.581. The molecule has 10 aliphatic rings. The van der Waals surface area contributed by atoms with Gasteiger partial charge in [0.05, 0.1) is 0 Å². The summed E-state index contributed by atoms with van der Waals surface area (Å²) in [7, 11) is 0. The molecule has 0 amide bonds. The number of carbonyl (C=O) groups is 1. The van der Waals surface area contributed by atoms with Gasteiger partial charge >= 0.3 is 65.3 Å². The van der Waals surface area contributed by atoms with Gasteiger partial charge in [-0.1, -0.05) is 0 Å². The van der Waals surface area contributed by atoms with E-state index in [2.05, 4.69) is 0 Å². The van der Waals surface area contributed by atoms with Gasteiger partial charge in [0.2, 0.25) is 0 Å². The van der Waals surface area contributed by atoms with Crippen molar-refractivity contribution in [2.24, 2.45) is 0 Å². The molecule has 0 aromatic heterocycles. The zero-order valence-corrected chi connectivity index (χ0v) is 10.3. The van der Waals surface area contributed by atoms with Crippen LogP contribution in [0, 0.1) is 0 Å². The number of aldehydes is 1. The van der Waals surface area contributed by atoms with Gasteiger partial charge in [-0.25, -0.2) is 0 Å². The summed E-state index contributed by atoms with van der Waals surface area (Å²) in [6, 6.07) is 0. The van der Waals surface area contributed by atoms with Gasteiger partial charge in [-0.05, 0) is 6.92 Å². The van der Waals surface area contributed by atoms with Gasteiger partial charge in [0.25, 0.3) is 0 Å². The second-order valence-corrected chi connectivity index (χ2v) is 33.8. The van der Waals surface area contributed by atoms with E-state index in [0.717, 1.165) is 0 Å². The molecule has 0 aromatic rings. The average molecular weight is 260 g/mol. The summed E-state index contributed by atoms with van der Waals surface area (Å²) in [4.78, 5) is 23.3. The first-order valence-electron chi connectivity index (χ1n) is 6.81. The van der Waals surface area contributed by atoms with Crippen LogP contribution >= 0.6 is 0 Å². The normalized spacial score (nSPS) is 124. The van der Waals surface area contributed by atoms with Crippen molar-refractivity contribution >= 4 is 6.29 Å². The van der Waals surface area contributed by atoms with E-state index < -0.39 is 6.51 Å². The predicted molar refractivity (Wildman–Crippen MR) is 55.3 cm³/mol. The molecule has 10 fully saturated rings. The van der Waals surface area contributed by atoms with E-state index in [0.29, 0.717) is 4.31 Å². The van der Waals surface area contributed by atoms with Crippen LogP contribution in [0.25, 0.3) is 0 Å². The van der Waals surface area contributed by atoms with Gasteiger partial charge < -0.3 is 5.11 Å². The van der Waals surface area contributed by atoms with Crippen molar-refractivity contribution in [2.45, 2.75) is 54.6 Å². The Morgan fingerprint density at radius 3 is 1.50 bits per heavy atom. The fourth-order valence-electron chi connectivity index (χ4n) is 16.7. The van der Waals surface area contributed by atoms with Crippen LogP contribution in [-0.2, 0) is 11.3 Å². The Morgan fingerprint density at radius 1 is 1.06 bits per heavy atom. The summed E-state index contributed by atoms with van der Waals surface area (Å²) >= 11 is 0. The molecule has 3 heteroatoms. The molecule has 0 aromatic carbocycles. The number of aliphatic hydroxyl groups is 1. The third-order valence-corrected chi connectivity index (χ3v) is 57.4. The first kappa shape index (κ1) is 6.36. The summed E-state index contributed by atoms with van der Waals surface area (Å²) in [5, 5.41) is 7.57. The number of hydrogen-bond acceptors (Lipinski definition) is 2. The maximum atomic E-state index is 11.6. The second kappa shape index (κ2) is 0.472. The predicted octanol–water partition coefficient (Wildman–Crippen LogP) is 2.94. The third-order valence-electron chi connectivity index (χ3n) is 15.0. The van der Waals surface area contributed by atoms with Crippen LogP contribution in [0.5, 0.6) is 0 Å². The molecule has 4 unspecified atom stereocenters. The van der Waals surface area contributed by atoms with E-state index >= 15 is 0 Å². The van der Waals surface area contributed by atoms with Gasteiger partial charge in [-0.15, -0.1) is 0 Å². The SMILES string of the molecule is CCO.O=C[C]12[CH]3[CH]4[CH]5[CH]1[Fe]45321678[CH]2[CH]1[CH]6[CH]7[CH]28. The Labute approximate surface area is 84.1 Å². The van der Waals surface area contributed by atoms with Crippen LogP contribution in [0.15, 0.2) is 0 Å². The van der Waals surface area contributed by atoms with Crippen LogP contribution in [0.2, 0.25) is 47.7 Å². The molecule has 2 nitrogen and oxygen atoms in total. The van der Waals surface area contributed by atoms with Crippen molar-refractivity contribution in [3.05, 3.63) is 0 Å². The van der Waals surface area contributed by atoms with Gasteiger partial charge in [-0.3, -0.25) is 0 Å². The van der Waals surface area contributed by atoms with Crippen molar-refractivity contribution in [2.75, 3.05) is 6.61 Å². The fraction of sp³-hybridized carbons (Fsp3) is 0.923. The van der Waals surface area contributed by atoms with Crippen molar-refractivity contribution in [3.63, 3.8) is 0 Å². The van der Waals surface area contributed by atoms with Crippen molar-refractivity contribution < 1.29 is 16.4 Å². The molecule has 0 saturated carbocycles. The van der Waals surface area contributed by atoms with Crippen LogP contribution in [0.4, 0.5) is 0 Å². The Bertz CT molecular complexity index is 819. The number of aliphatic hydroxyl groups excluding tert-OH is 1. The fourth-order valence-corrected chi connectivity index (χ4v) is 90.0. The monoisotopic (exact) mass is 260 g/mol. The Morgan fingerprint density at radius 2 is 1.44 bits per heavy atom. The minimum atomic E-state index is -2.87. The van der Waals surface area contributed by atoms with Crippen molar-refractivity contribution in [1.82, 2.24) is 0 Å². The number of fused-ring (bicyclic) bond motifs is 10. The minimum absolute atomic E-state index is 0.250. The molecule has 10 heterocycles. The summed E-state index contributed by atoms with van der Waals surface area (Å²) in [5.41, 5.74) is 0. The van der Waals surface area contributed by atoms with Gasteiger partial charge in [0.1, 0.15) is 0 Å². The van der Waals surface area contributed by atoms with Crippen LogP contribution in [0.1, 0.15) is 6.92 Å². The molecule has 0 radical (unpaired) electrons. The molecule has 10 saturated heterocycles. The van der Waals surface area contributed by atoms with Crippen LogP contribution in [-0.4, -0.2) is 18.0 Å². The molecule has 1 N–H and O–H groups in total. The second-order valence-electron chi connectivity index (χ2n) is 10.2. The molecule has 16 heavy (non-hydrogen) atoms. The maximum absolute atomic E-state index is 11.6. The van der Waals surface area contributed by atoms with Crippen LogP contribution in [0.3, 0.4) is 0 Å². The van der Waals surface area contributed by atoms with E-state index in [1.54, 1.807) is 13.2 Å². The summed E-state index contributed by atoms with van der Waals surface area (Å²) in [5.74, 6) is 0. The third kappa shape index (κ3) is 0.0524. The van der Waals surface area contributed by atoms with Crippen molar-refractivity contribution in [3.8, 4) is 0 Å². The first-order valence-corrected chi connectivity index (χ1v) is 13.1.